The summed E-state index contributed by atoms with van der Waals surface area (Å²) in [5.41, 5.74) is -0.588. The standard InChI is InChI=1S/C16H22Br2N2O4S/c1-10-7-12(9-20(10)15(21)24-16(2,3)4)19-25(22,23)14-8-11(17)5-6-13(14)18/h5-6,8,10,12,19H,7,9H2,1-4H3/t10-,12+/m0/s1. The fourth-order valence-corrected chi connectivity index (χ4v) is 5.40. The highest BCUT2D eigenvalue weighted by Crippen LogP contribution is 2.27. The summed E-state index contributed by atoms with van der Waals surface area (Å²) in [6.45, 7) is 7.57. The molecule has 25 heavy (non-hydrogen) atoms. The van der Waals surface area contributed by atoms with E-state index in [-0.39, 0.29) is 23.5 Å². The first-order chi connectivity index (χ1) is 11.4. The van der Waals surface area contributed by atoms with Crippen molar-refractivity contribution in [1.82, 2.24) is 9.62 Å². The number of halogens is 2. The number of hydrogen-bond donors (Lipinski definition) is 1. The molecule has 1 heterocycles. The average molecular weight is 498 g/mol. The van der Waals surface area contributed by atoms with Crippen LogP contribution in [0.3, 0.4) is 0 Å². The third-order valence-electron chi connectivity index (χ3n) is 3.71. The molecule has 0 aliphatic carbocycles. The summed E-state index contributed by atoms with van der Waals surface area (Å²) >= 11 is 6.56. The van der Waals surface area contributed by atoms with Crippen LogP contribution >= 0.6 is 31.9 Å². The summed E-state index contributed by atoms with van der Waals surface area (Å²) in [6.07, 6.45) is 0.106. The van der Waals surface area contributed by atoms with Crippen molar-refractivity contribution in [2.75, 3.05) is 6.54 Å². The lowest BCUT2D eigenvalue weighted by molar-refractivity contribution is 0.0236. The molecule has 0 bridgehead atoms. The number of nitrogens with one attached hydrogen (secondary N) is 1. The van der Waals surface area contributed by atoms with Crippen LogP contribution in [-0.4, -0.2) is 43.6 Å². The zero-order valence-corrected chi connectivity index (χ0v) is 18.5. The Morgan fingerprint density at radius 1 is 1.32 bits per heavy atom. The summed E-state index contributed by atoms with van der Waals surface area (Å²) < 4.78 is 34.6. The number of sulfonamides is 1. The molecular formula is C16H22Br2N2O4S. The van der Waals surface area contributed by atoms with Crippen LogP contribution < -0.4 is 4.72 Å². The molecule has 1 saturated heterocycles. The maximum Gasteiger partial charge on any atom is 0.410 e. The molecule has 0 unspecified atom stereocenters. The van der Waals surface area contributed by atoms with Crippen LogP contribution in [-0.2, 0) is 14.8 Å². The number of rotatable bonds is 3. The first-order valence-corrected chi connectivity index (χ1v) is 10.9. The van der Waals surface area contributed by atoms with Gasteiger partial charge >= 0.3 is 6.09 Å². The van der Waals surface area contributed by atoms with Crippen molar-refractivity contribution in [2.24, 2.45) is 0 Å². The van der Waals surface area contributed by atoms with Gasteiger partial charge in [-0.3, -0.25) is 0 Å². The van der Waals surface area contributed by atoms with E-state index in [2.05, 4.69) is 36.6 Å². The monoisotopic (exact) mass is 496 g/mol. The Labute approximate surface area is 165 Å². The van der Waals surface area contributed by atoms with Gasteiger partial charge in [0.25, 0.3) is 0 Å². The van der Waals surface area contributed by atoms with Gasteiger partial charge in [0, 0.05) is 27.6 Å². The van der Waals surface area contributed by atoms with E-state index in [0.29, 0.717) is 15.4 Å². The van der Waals surface area contributed by atoms with Crippen molar-refractivity contribution in [2.45, 2.75) is 56.7 Å². The second kappa shape index (κ2) is 7.54. The van der Waals surface area contributed by atoms with Crippen LogP contribution in [0.2, 0.25) is 0 Å². The molecule has 1 N–H and O–H groups in total. The van der Waals surface area contributed by atoms with E-state index in [0.717, 1.165) is 0 Å². The average Bonchev–Trinajstić information content (AvgIpc) is 2.79. The third-order valence-corrected chi connectivity index (χ3v) is 6.71. The van der Waals surface area contributed by atoms with Crippen LogP contribution in [0.4, 0.5) is 4.79 Å². The first-order valence-electron chi connectivity index (χ1n) is 7.86. The van der Waals surface area contributed by atoms with Crippen LogP contribution in [0.5, 0.6) is 0 Å². The lowest BCUT2D eigenvalue weighted by Gasteiger charge is -2.26. The molecule has 2 atom stereocenters. The van der Waals surface area contributed by atoms with Gasteiger partial charge in [-0.05, 0) is 68.2 Å². The van der Waals surface area contributed by atoms with E-state index in [9.17, 15) is 13.2 Å². The SMILES string of the molecule is C[C@H]1C[C@@H](NS(=O)(=O)c2cc(Br)ccc2Br)CN1C(=O)OC(C)(C)C. The smallest absolute Gasteiger partial charge is 0.410 e. The Kier molecular flexibility index (Phi) is 6.23. The van der Waals surface area contributed by atoms with Crippen LogP contribution in [0.1, 0.15) is 34.1 Å². The summed E-state index contributed by atoms with van der Waals surface area (Å²) in [7, 11) is -3.71. The number of ether oxygens (including phenoxy) is 1. The fourth-order valence-electron chi connectivity index (χ4n) is 2.66. The van der Waals surface area contributed by atoms with E-state index >= 15 is 0 Å². The van der Waals surface area contributed by atoms with Gasteiger partial charge in [-0.2, -0.15) is 0 Å². The van der Waals surface area contributed by atoms with E-state index in [4.69, 9.17) is 4.74 Å². The molecule has 0 radical (unpaired) electrons. The Bertz CT molecular complexity index is 762. The van der Waals surface area contributed by atoms with Crippen molar-refractivity contribution in [3.05, 3.63) is 27.1 Å². The number of hydrogen-bond acceptors (Lipinski definition) is 4. The molecule has 9 heteroatoms. The predicted molar refractivity (Wildman–Crippen MR) is 103 cm³/mol. The minimum Gasteiger partial charge on any atom is -0.444 e. The van der Waals surface area contributed by atoms with Crippen LogP contribution in [0.25, 0.3) is 0 Å². The predicted octanol–water partition coefficient (Wildman–Crippen LogP) is 3.89. The van der Waals surface area contributed by atoms with Crippen molar-refractivity contribution < 1.29 is 17.9 Å². The largest absolute Gasteiger partial charge is 0.444 e. The highest BCUT2D eigenvalue weighted by Gasteiger charge is 2.37. The van der Waals surface area contributed by atoms with Crippen molar-refractivity contribution in [1.29, 1.82) is 0 Å². The lowest BCUT2D eigenvalue weighted by Crippen LogP contribution is -2.41. The van der Waals surface area contributed by atoms with Gasteiger partial charge in [0.1, 0.15) is 5.60 Å². The summed E-state index contributed by atoms with van der Waals surface area (Å²) in [5.74, 6) is 0. The number of nitrogens with zero attached hydrogens (tertiary/aromatic N) is 1. The molecule has 1 amide bonds. The quantitative estimate of drug-likeness (QED) is 0.687. The highest BCUT2D eigenvalue weighted by molar-refractivity contribution is 9.11. The highest BCUT2D eigenvalue weighted by atomic mass is 79.9. The third kappa shape index (κ3) is 5.42. The second-order valence-electron chi connectivity index (χ2n) is 7.11. The second-order valence-corrected chi connectivity index (χ2v) is 10.6. The van der Waals surface area contributed by atoms with Gasteiger partial charge in [-0.25, -0.2) is 17.9 Å². The molecule has 140 valence electrons. The van der Waals surface area contributed by atoms with Gasteiger partial charge in [0.2, 0.25) is 10.0 Å². The number of carbonyl (C=O) groups is 1. The van der Waals surface area contributed by atoms with Crippen LogP contribution in [0.15, 0.2) is 32.0 Å². The van der Waals surface area contributed by atoms with Crippen LogP contribution in [0, 0.1) is 0 Å². The van der Waals surface area contributed by atoms with Gasteiger partial charge < -0.3 is 9.64 Å². The van der Waals surface area contributed by atoms with Crippen molar-refractivity contribution in [3.63, 3.8) is 0 Å². The van der Waals surface area contributed by atoms with Crippen molar-refractivity contribution in [3.8, 4) is 0 Å². The van der Waals surface area contributed by atoms with Gasteiger partial charge in [-0.1, -0.05) is 15.9 Å². The molecular weight excluding hydrogens is 476 g/mol. The Balaban J connectivity index is 2.11. The summed E-state index contributed by atoms with van der Waals surface area (Å²) in [6, 6.07) is 4.50. The molecule has 0 spiro atoms. The number of carbonyl (C=O) groups excluding carboxylic acids is 1. The number of amides is 1. The minimum absolute atomic E-state index is 0.103. The number of likely N-dealkylation sites (tertiary alicyclic amines) is 1. The molecule has 1 fully saturated rings. The van der Waals surface area contributed by atoms with Crippen molar-refractivity contribution >= 4 is 48.0 Å². The first kappa shape index (κ1) is 20.7. The molecule has 0 saturated carbocycles. The van der Waals surface area contributed by atoms with E-state index in [1.807, 2.05) is 6.92 Å². The van der Waals surface area contributed by atoms with E-state index in [1.165, 1.54) is 6.07 Å². The maximum atomic E-state index is 12.7. The van der Waals surface area contributed by atoms with E-state index < -0.39 is 21.7 Å². The summed E-state index contributed by atoms with van der Waals surface area (Å²) in [5, 5.41) is 0. The molecule has 1 aliphatic heterocycles. The summed E-state index contributed by atoms with van der Waals surface area (Å²) in [4.78, 5) is 14.0. The Morgan fingerprint density at radius 2 is 1.96 bits per heavy atom. The molecule has 6 nitrogen and oxygen atoms in total. The lowest BCUT2D eigenvalue weighted by atomic mass is 10.2. The molecule has 0 aromatic heterocycles. The maximum absolute atomic E-state index is 12.7. The van der Waals surface area contributed by atoms with Gasteiger partial charge in [0.05, 0.1) is 4.90 Å². The zero-order chi connectivity index (χ0) is 19.0. The zero-order valence-electron chi connectivity index (χ0n) is 14.5. The normalized spacial score (nSPS) is 21.4. The molecule has 1 aromatic carbocycles. The van der Waals surface area contributed by atoms with Gasteiger partial charge in [-0.15, -0.1) is 0 Å². The van der Waals surface area contributed by atoms with E-state index in [1.54, 1.807) is 37.8 Å². The molecule has 2 rings (SSSR count). The molecule has 1 aliphatic rings. The fraction of sp³-hybridized carbons (Fsp3) is 0.562. The van der Waals surface area contributed by atoms with Gasteiger partial charge in [0.15, 0.2) is 0 Å². The molecule has 1 aromatic rings. The topological polar surface area (TPSA) is 75.7 Å². The Hall–Kier alpha value is -0.640. The number of benzene rings is 1. The Morgan fingerprint density at radius 3 is 2.56 bits per heavy atom. The minimum atomic E-state index is -3.71.